The topological polar surface area (TPSA) is 38.3 Å². The molecule has 110 valence electrons. The highest BCUT2D eigenvalue weighted by atomic mass is 79.9. The third-order valence-corrected chi connectivity index (χ3v) is 5.67. The molecule has 3 nitrogen and oxygen atoms in total. The molecular formula is C16H15Br2NO2. The van der Waals surface area contributed by atoms with Crippen molar-refractivity contribution >= 4 is 43.5 Å². The van der Waals surface area contributed by atoms with Gasteiger partial charge in [-0.1, -0.05) is 68.3 Å². The van der Waals surface area contributed by atoms with Crippen molar-refractivity contribution in [3.05, 3.63) is 60.2 Å². The molecule has 2 atom stereocenters. The molecule has 0 aliphatic heterocycles. The third kappa shape index (κ3) is 4.32. The van der Waals surface area contributed by atoms with Crippen LogP contribution < -0.4 is 10.1 Å². The highest BCUT2D eigenvalue weighted by molar-refractivity contribution is 9.12. The van der Waals surface area contributed by atoms with Gasteiger partial charge in [-0.2, -0.15) is 0 Å². The van der Waals surface area contributed by atoms with Crippen LogP contribution in [0.1, 0.15) is 10.4 Å². The normalized spacial score (nSPS) is 13.3. The molecule has 2 aromatic rings. The van der Waals surface area contributed by atoms with Crippen molar-refractivity contribution in [3.8, 4) is 5.75 Å². The minimum absolute atomic E-state index is 0.107. The van der Waals surface area contributed by atoms with E-state index in [0.717, 1.165) is 5.56 Å². The first-order valence-corrected chi connectivity index (χ1v) is 8.23. The number of carbonyl (C=O) groups excluding carboxylic acids is 1. The number of benzene rings is 2. The third-order valence-electron chi connectivity index (χ3n) is 2.96. The van der Waals surface area contributed by atoms with Crippen molar-refractivity contribution < 1.29 is 9.53 Å². The molecule has 0 radical (unpaired) electrons. The van der Waals surface area contributed by atoms with E-state index in [1.54, 1.807) is 13.2 Å². The summed E-state index contributed by atoms with van der Waals surface area (Å²) in [7, 11) is 1.60. The van der Waals surface area contributed by atoms with Crippen LogP contribution >= 0.6 is 31.9 Å². The van der Waals surface area contributed by atoms with Crippen molar-refractivity contribution in [2.45, 2.75) is 9.65 Å². The van der Waals surface area contributed by atoms with Crippen LogP contribution in [0.5, 0.6) is 5.75 Å². The highest BCUT2D eigenvalue weighted by Gasteiger charge is 2.25. The predicted octanol–water partition coefficient (Wildman–Crippen LogP) is 4.53. The van der Waals surface area contributed by atoms with Crippen LogP contribution in [0.25, 0.3) is 0 Å². The second-order valence-corrected chi connectivity index (χ2v) is 6.41. The maximum atomic E-state index is 12.3. The van der Waals surface area contributed by atoms with E-state index < -0.39 is 0 Å². The van der Waals surface area contributed by atoms with E-state index in [2.05, 4.69) is 37.2 Å². The van der Waals surface area contributed by atoms with E-state index in [9.17, 15) is 4.79 Å². The fourth-order valence-corrected chi connectivity index (χ4v) is 2.82. The minimum atomic E-state index is -0.383. The number of ether oxygens (including phenoxy) is 1. The SMILES string of the molecule is COc1cccc(NC(=O)[C@H](Br)[C@@H](Br)c2ccccc2)c1. The molecule has 0 aliphatic carbocycles. The van der Waals surface area contributed by atoms with Crippen LogP contribution in [0, 0.1) is 0 Å². The van der Waals surface area contributed by atoms with Crippen molar-refractivity contribution in [2.75, 3.05) is 12.4 Å². The smallest absolute Gasteiger partial charge is 0.239 e. The summed E-state index contributed by atoms with van der Waals surface area (Å²) in [6.07, 6.45) is 0. The van der Waals surface area contributed by atoms with E-state index in [-0.39, 0.29) is 15.6 Å². The lowest BCUT2D eigenvalue weighted by molar-refractivity contribution is -0.115. The Labute approximate surface area is 141 Å². The van der Waals surface area contributed by atoms with Crippen LogP contribution in [0.4, 0.5) is 5.69 Å². The first-order valence-electron chi connectivity index (χ1n) is 6.40. The van der Waals surface area contributed by atoms with Gasteiger partial charge in [-0.3, -0.25) is 4.79 Å². The number of amides is 1. The molecule has 0 bridgehead atoms. The van der Waals surface area contributed by atoms with E-state index in [1.165, 1.54) is 0 Å². The van der Waals surface area contributed by atoms with Crippen molar-refractivity contribution in [1.29, 1.82) is 0 Å². The van der Waals surface area contributed by atoms with E-state index in [0.29, 0.717) is 11.4 Å². The number of anilines is 1. The van der Waals surface area contributed by atoms with Gasteiger partial charge in [0, 0.05) is 11.8 Å². The maximum absolute atomic E-state index is 12.3. The Kier molecular flexibility index (Phi) is 5.82. The molecule has 0 heterocycles. The molecule has 0 aromatic heterocycles. The molecule has 2 rings (SSSR count). The Bertz CT molecular complexity index is 604. The Balaban J connectivity index is 2.05. The molecule has 0 saturated heterocycles. The Morgan fingerprint density at radius 3 is 2.48 bits per heavy atom. The van der Waals surface area contributed by atoms with Gasteiger partial charge in [-0.25, -0.2) is 0 Å². The largest absolute Gasteiger partial charge is 0.497 e. The summed E-state index contributed by atoms with van der Waals surface area (Å²) in [5.74, 6) is 0.589. The monoisotopic (exact) mass is 411 g/mol. The zero-order valence-corrected chi connectivity index (χ0v) is 14.6. The maximum Gasteiger partial charge on any atom is 0.239 e. The summed E-state index contributed by atoms with van der Waals surface area (Å²) in [5, 5.41) is 2.87. The molecule has 2 aromatic carbocycles. The number of carbonyl (C=O) groups is 1. The van der Waals surface area contributed by atoms with Crippen molar-refractivity contribution in [1.82, 2.24) is 0 Å². The number of hydrogen-bond donors (Lipinski definition) is 1. The Hall–Kier alpha value is -1.33. The fraction of sp³-hybridized carbons (Fsp3) is 0.188. The van der Waals surface area contributed by atoms with Gasteiger partial charge < -0.3 is 10.1 Å². The van der Waals surface area contributed by atoms with E-state index >= 15 is 0 Å². The standard InChI is InChI=1S/C16H15Br2NO2/c1-21-13-9-5-8-12(10-13)19-16(20)15(18)14(17)11-6-3-2-4-7-11/h2-10,14-15H,1H3,(H,19,20)/t14-,15+/m0/s1. The summed E-state index contributed by atoms with van der Waals surface area (Å²) in [6.45, 7) is 0. The van der Waals surface area contributed by atoms with Gasteiger partial charge in [0.25, 0.3) is 0 Å². The van der Waals surface area contributed by atoms with Gasteiger partial charge in [0.1, 0.15) is 10.6 Å². The van der Waals surface area contributed by atoms with Crippen molar-refractivity contribution in [2.24, 2.45) is 0 Å². The molecule has 0 spiro atoms. The summed E-state index contributed by atoms with van der Waals surface area (Å²) in [5.41, 5.74) is 1.75. The van der Waals surface area contributed by atoms with Crippen LogP contribution in [0.2, 0.25) is 0 Å². The highest BCUT2D eigenvalue weighted by Crippen LogP contribution is 2.32. The summed E-state index contributed by atoms with van der Waals surface area (Å²) in [4.78, 5) is 11.8. The first kappa shape index (κ1) is 16.0. The number of hydrogen-bond acceptors (Lipinski definition) is 2. The number of alkyl halides is 2. The molecule has 0 aliphatic rings. The number of methoxy groups -OCH3 is 1. The average molecular weight is 413 g/mol. The van der Waals surface area contributed by atoms with Gasteiger partial charge in [0.2, 0.25) is 5.91 Å². The second kappa shape index (κ2) is 7.61. The average Bonchev–Trinajstić information content (AvgIpc) is 2.54. The minimum Gasteiger partial charge on any atom is -0.497 e. The Morgan fingerprint density at radius 1 is 1.10 bits per heavy atom. The summed E-state index contributed by atoms with van der Waals surface area (Å²) in [6, 6.07) is 17.1. The summed E-state index contributed by atoms with van der Waals surface area (Å²) < 4.78 is 5.14. The van der Waals surface area contributed by atoms with Crippen LogP contribution in [0.3, 0.4) is 0 Å². The molecule has 1 N–H and O–H groups in total. The van der Waals surface area contributed by atoms with Gasteiger partial charge >= 0.3 is 0 Å². The quantitative estimate of drug-likeness (QED) is 0.732. The zero-order chi connectivity index (χ0) is 15.2. The molecule has 1 amide bonds. The van der Waals surface area contributed by atoms with Crippen LogP contribution in [-0.4, -0.2) is 17.8 Å². The fourth-order valence-electron chi connectivity index (χ4n) is 1.85. The number of rotatable bonds is 5. The van der Waals surface area contributed by atoms with Crippen LogP contribution in [-0.2, 0) is 4.79 Å². The lowest BCUT2D eigenvalue weighted by atomic mass is 10.1. The second-order valence-electron chi connectivity index (χ2n) is 4.44. The number of nitrogens with one attached hydrogen (secondary N) is 1. The summed E-state index contributed by atoms with van der Waals surface area (Å²) >= 11 is 7.01. The molecule has 0 unspecified atom stereocenters. The zero-order valence-electron chi connectivity index (χ0n) is 11.4. The first-order chi connectivity index (χ1) is 10.1. The Morgan fingerprint density at radius 2 is 1.81 bits per heavy atom. The van der Waals surface area contributed by atoms with Gasteiger partial charge in [-0.05, 0) is 17.7 Å². The molecule has 0 saturated carbocycles. The van der Waals surface area contributed by atoms with Gasteiger partial charge in [-0.15, -0.1) is 0 Å². The molecule has 21 heavy (non-hydrogen) atoms. The van der Waals surface area contributed by atoms with Gasteiger partial charge in [0.15, 0.2) is 0 Å². The molecular weight excluding hydrogens is 398 g/mol. The number of halogens is 2. The molecule has 0 fully saturated rings. The predicted molar refractivity (Wildman–Crippen MR) is 92.4 cm³/mol. The van der Waals surface area contributed by atoms with E-state index in [1.807, 2.05) is 48.5 Å². The van der Waals surface area contributed by atoms with Crippen molar-refractivity contribution in [3.63, 3.8) is 0 Å². The lowest BCUT2D eigenvalue weighted by Gasteiger charge is -2.17. The van der Waals surface area contributed by atoms with Crippen LogP contribution in [0.15, 0.2) is 54.6 Å². The lowest BCUT2D eigenvalue weighted by Crippen LogP contribution is -2.26. The van der Waals surface area contributed by atoms with Gasteiger partial charge in [0.05, 0.1) is 11.9 Å². The van der Waals surface area contributed by atoms with E-state index in [4.69, 9.17) is 4.74 Å². The molecule has 5 heteroatoms.